The van der Waals surface area contributed by atoms with Crippen molar-refractivity contribution in [2.24, 2.45) is 29.6 Å². The van der Waals surface area contributed by atoms with E-state index in [1.54, 1.807) is 6.07 Å². The third-order valence-corrected chi connectivity index (χ3v) is 7.88. The van der Waals surface area contributed by atoms with Gasteiger partial charge in [0, 0.05) is 0 Å². The van der Waals surface area contributed by atoms with Crippen molar-refractivity contribution in [3.8, 4) is 5.75 Å². The molecule has 6 atom stereocenters. The Labute approximate surface area is 176 Å². The van der Waals surface area contributed by atoms with Crippen LogP contribution in [0.3, 0.4) is 0 Å². The van der Waals surface area contributed by atoms with E-state index in [9.17, 15) is 17.6 Å². The van der Waals surface area contributed by atoms with Crippen molar-refractivity contribution in [3.05, 3.63) is 41.7 Å². The number of hydrogen-bond donors (Lipinski definition) is 0. The van der Waals surface area contributed by atoms with E-state index in [0.717, 1.165) is 61.0 Å². The molecule has 1 aromatic carbocycles. The van der Waals surface area contributed by atoms with Crippen molar-refractivity contribution in [2.45, 2.75) is 77.0 Å². The minimum absolute atomic E-state index is 0.237. The summed E-state index contributed by atoms with van der Waals surface area (Å²) in [5.74, 6) is 2.44. The molecule has 0 bridgehead atoms. The lowest BCUT2D eigenvalue weighted by Crippen LogP contribution is -2.41. The molecule has 0 amide bonds. The van der Waals surface area contributed by atoms with Crippen LogP contribution in [0.4, 0.5) is 17.6 Å². The Bertz CT molecular complexity index is 756. The zero-order valence-corrected chi connectivity index (χ0v) is 17.6. The van der Waals surface area contributed by atoms with Crippen LogP contribution >= 0.6 is 0 Å². The summed E-state index contributed by atoms with van der Waals surface area (Å²) in [4.78, 5) is 0. The number of alkyl halides is 3. The van der Waals surface area contributed by atoms with Crippen molar-refractivity contribution in [1.29, 1.82) is 0 Å². The lowest BCUT2D eigenvalue weighted by Gasteiger charge is -2.50. The van der Waals surface area contributed by atoms with Crippen LogP contribution in [0.15, 0.2) is 30.4 Å². The normalized spacial score (nSPS) is 34.4. The molecule has 1 nitrogen and oxygen atoms in total. The highest BCUT2D eigenvalue weighted by atomic mass is 19.4. The summed E-state index contributed by atoms with van der Waals surface area (Å²) in [5.41, 5.74) is 0.816. The molecule has 3 aliphatic rings. The molecule has 0 spiro atoms. The minimum atomic E-state index is -4.87. The SMILES string of the molecule is CCC=C[C@@H]1CC[C@H]2[C@H](CC[C@H]3C[C@H](c4ccc(OC(F)(F)F)c(F)c4)CC[C@@H]32)C1. The molecule has 0 N–H and O–H groups in total. The van der Waals surface area contributed by atoms with Crippen LogP contribution in [0.2, 0.25) is 0 Å². The van der Waals surface area contributed by atoms with Gasteiger partial charge < -0.3 is 4.74 Å². The van der Waals surface area contributed by atoms with Crippen molar-refractivity contribution in [1.82, 2.24) is 0 Å². The molecular weight excluding hydrogens is 392 g/mol. The lowest BCUT2D eigenvalue weighted by molar-refractivity contribution is -0.275. The predicted octanol–water partition coefficient (Wildman–Crippen LogP) is 8.02. The van der Waals surface area contributed by atoms with E-state index >= 15 is 0 Å². The van der Waals surface area contributed by atoms with Gasteiger partial charge in [-0.05, 0) is 111 Å². The maximum absolute atomic E-state index is 14.2. The first-order valence-electron chi connectivity index (χ1n) is 11.6. The highest BCUT2D eigenvalue weighted by Crippen LogP contribution is 2.55. The Morgan fingerprint density at radius 1 is 0.967 bits per heavy atom. The Kier molecular flexibility index (Phi) is 6.45. The lowest BCUT2D eigenvalue weighted by atomic mass is 9.55. The second kappa shape index (κ2) is 8.92. The van der Waals surface area contributed by atoms with E-state index in [2.05, 4.69) is 23.8 Å². The molecule has 0 unspecified atom stereocenters. The van der Waals surface area contributed by atoms with E-state index in [1.807, 2.05) is 0 Å². The number of rotatable bonds is 4. The summed E-state index contributed by atoms with van der Waals surface area (Å²) < 4.78 is 55.1. The third-order valence-electron chi connectivity index (χ3n) is 7.88. The molecule has 0 radical (unpaired) electrons. The van der Waals surface area contributed by atoms with Crippen LogP contribution in [0, 0.1) is 35.4 Å². The summed E-state index contributed by atoms with van der Waals surface area (Å²) in [7, 11) is 0. The second-order valence-electron chi connectivity index (χ2n) is 9.58. The molecule has 4 rings (SSSR count). The van der Waals surface area contributed by atoms with E-state index in [1.165, 1.54) is 38.2 Å². The smallest absolute Gasteiger partial charge is 0.403 e. The molecule has 3 aliphatic carbocycles. The van der Waals surface area contributed by atoms with Crippen LogP contribution < -0.4 is 4.74 Å². The van der Waals surface area contributed by atoms with Crippen molar-refractivity contribution >= 4 is 0 Å². The Balaban J connectivity index is 1.39. The Morgan fingerprint density at radius 3 is 2.33 bits per heavy atom. The molecule has 1 aromatic rings. The fourth-order valence-corrected chi connectivity index (χ4v) is 6.62. The molecule has 166 valence electrons. The molecule has 0 saturated heterocycles. The number of halogens is 4. The number of allylic oxidation sites excluding steroid dienone is 2. The largest absolute Gasteiger partial charge is 0.573 e. The fourth-order valence-electron chi connectivity index (χ4n) is 6.62. The number of fused-ring (bicyclic) bond motifs is 3. The zero-order valence-electron chi connectivity index (χ0n) is 17.6. The van der Waals surface area contributed by atoms with Crippen LogP contribution in [-0.2, 0) is 0 Å². The number of benzene rings is 1. The number of hydrogen-bond acceptors (Lipinski definition) is 1. The van der Waals surface area contributed by atoms with E-state index in [-0.39, 0.29) is 5.92 Å². The highest BCUT2D eigenvalue weighted by molar-refractivity contribution is 5.32. The highest BCUT2D eigenvalue weighted by Gasteiger charge is 2.44. The Hall–Kier alpha value is -1.52. The van der Waals surface area contributed by atoms with Gasteiger partial charge in [-0.15, -0.1) is 13.2 Å². The number of ether oxygens (including phenoxy) is 1. The molecule has 0 heterocycles. The molecule has 5 heteroatoms. The van der Waals surface area contributed by atoms with Crippen LogP contribution in [0.25, 0.3) is 0 Å². The second-order valence-corrected chi connectivity index (χ2v) is 9.58. The van der Waals surface area contributed by atoms with Crippen molar-refractivity contribution < 1.29 is 22.3 Å². The molecule has 30 heavy (non-hydrogen) atoms. The molecule has 3 saturated carbocycles. The van der Waals surface area contributed by atoms with Gasteiger partial charge in [0.15, 0.2) is 11.6 Å². The van der Waals surface area contributed by atoms with Gasteiger partial charge in [-0.25, -0.2) is 4.39 Å². The fraction of sp³-hybridized carbons (Fsp3) is 0.680. The van der Waals surface area contributed by atoms with Crippen molar-refractivity contribution in [2.75, 3.05) is 0 Å². The summed E-state index contributed by atoms with van der Waals surface area (Å²) in [6.07, 6.45) is 10.7. The Morgan fingerprint density at radius 2 is 1.67 bits per heavy atom. The monoisotopic (exact) mass is 424 g/mol. The van der Waals surface area contributed by atoms with Gasteiger partial charge >= 0.3 is 6.36 Å². The van der Waals surface area contributed by atoms with Crippen LogP contribution in [0.5, 0.6) is 5.75 Å². The maximum atomic E-state index is 14.2. The van der Waals surface area contributed by atoms with Crippen LogP contribution in [0.1, 0.15) is 76.2 Å². The molecule has 0 aliphatic heterocycles. The van der Waals surface area contributed by atoms with Gasteiger partial charge in [0.1, 0.15) is 0 Å². The van der Waals surface area contributed by atoms with Crippen LogP contribution in [-0.4, -0.2) is 6.36 Å². The first kappa shape index (κ1) is 21.7. The third kappa shape index (κ3) is 4.86. The molecular formula is C25H32F4O. The summed E-state index contributed by atoms with van der Waals surface area (Å²) in [5, 5.41) is 0. The minimum Gasteiger partial charge on any atom is -0.403 e. The summed E-state index contributed by atoms with van der Waals surface area (Å²) >= 11 is 0. The molecule has 0 aromatic heterocycles. The summed E-state index contributed by atoms with van der Waals surface area (Å²) in [6.45, 7) is 2.19. The van der Waals surface area contributed by atoms with E-state index < -0.39 is 17.9 Å². The predicted molar refractivity (Wildman–Crippen MR) is 110 cm³/mol. The topological polar surface area (TPSA) is 9.23 Å². The van der Waals surface area contributed by atoms with E-state index in [0.29, 0.717) is 5.92 Å². The van der Waals surface area contributed by atoms with Crippen molar-refractivity contribution in [3.63, 3.8) is 0 Å². The summed E-state index contributed by atoms with van der Waals surface area (Å²) in [6, 6.07) is 4.00. The van der Waals surface area contributed by atoms with Gasteiger partial charge in [-0.3, -0.25) is 0 Å². The maximum Gasteiger partial charge on any atom is 0.573 e. The molecule has 3 fully saturated rings. The van der Waals surface area contributed by atoms with Gasteiger partial charge in [0.05, 0.1) is 0 Å². The zero-order chi connectivity index (χ0) is 21.3. The quantitative estimate of drug-likeness (QED) is 0.351. The van der Waals surface area contributed by atoms with Gasteiger partial charge in [0.25, 0.3) is 0 Å². The average Bonchev–Trinajstić information content (AvgIpc) is 2.72. The first-order chi connectivity index (χ1) is 14.3. The van der Waals surface area contributed by atoms with Gasteiger partial charge in [-0.2, -0.15) is 0 Å². The standard InChI is InChI=1S/C25H32F4O/c1-2-3-4-16-5-10-21-19(13-16)6-7-20-14-17(8-11-22(20)21)18-9-12-24(23(26)15-18)30-25(27,28)29/h3-4,9,12,15-17,19-22H,2,5-8,10-11,13-14H2,1H3/t16-,17-,19-,20+,21+,22+/m1/s1. The first-order valence-corrected chi connectivity index (χ1v) is 11.6. The average molecular weight is 425 g/mol. The van der Waals surface area contributed by atoms with Gasteiger partial charge in [-0.1, -0.05) is 25.1 Å². The van der Waals surface area contributed by atoms with Gasteiger partial charge in [0.2, 0.25) is 0 Å². The van der Waals surface area contributed by atoms with E-state index in [4.69, 9.17) is 0 Å².